The van der Waals surface area contributed by atoms with E-state index >= 15 is 0 Å². The number of hydrogen-bond donors (Lipinski definition) is 3. The van der Waals surface area contributed by atoms with Crippen molar-refractivity contribution in [1.82, 2.24) is 0 Å². The van der Waals surface area contributed by atoms with Gasteiger partial charge < -0.3 is 20.7 Å². The van der Waals surface area contributed by atoms with Crippen LogP contribution in [0.25, 0.3) is 0 Å². The molecular formula is C21H27N3O3. The first kappa shape index (κ1) is 20.3. The molecule has 144 valence electrons. The van der Waals surface area contributed by atoms with Gasteiger partial charge in [-0.2, -0.15) is 0 Å². The van der Waals surface area contributed by atoms with Crippen molar-refractivity contribution in [2.75, 3.05) is 29.1 Å². The molecule has 0 spiro atoms. The molecule has 0 heterocycles. The standard InChI is InChI=1S/C21H27N3O3/c1-4-20(25)23-17-9-7-8-16(12-17)22-13-21(26)24-18-10-5-6-11-19(18)27-14-15(2)3/h5-12,15,22H,4,13-14H2,1-3H3,(H,23,25)(H,24,26). The molecule has 0 aliphatic rings. The number of ether oxygens (including phenoxy) is 1. The second kappa shape index (κ2) is 10.2. The normalized spacial score (nSPS) is 10.4. The summed E-state index contributed by atoms with van der Waals surface area (Å²) in [5.41, 5.74) is 2.09. The molecule has 0 unspecified atom stereocenters. The first-order valence-corrected chi connectivity index (χ1v) is 9.13. The Labute approximate surface area is 160 Å². The number of benzene rings is 2. The van der Waals surface area contributed by atoms with Gasteiger partial charge in [0.25, 0.3) is 0 Å². The van der Waals surface area contributed by atoms with Crippen molar-refractivity contribution < 1.29 is 14.3 Å². The van der Waals surface area contributed by atoms with Crippen molar-refractivity contribution in [1.29, 1.82) is 0 Å². The van der Waals surface area contributed by atoms with Gasteiger partial charge in [0, 0.05) is 17.8 Å². The molecule has 0 aliphatic carbocycles. The first-order valence-electron chi connectivity index (χ1n) is 9.13. The Morgan fingerprint density at radius 1 is 0.963 bits per heavy atom. The van der Waals surface area contributed by atoms with E-state index in [2.05, 4.69) is 29.8 Å². The van der Waals surface area contributed by atoms with Gasteiger partial charge in [0.1, 0.15) is 5.75 Å². The molecule has 2 aromatic carbocycles. The Bertz CT molecular complexity index is 775. The topological polar surface area (TPSA) is 79.5 Å². The quantitative estimate of drug-likeness (QED) is 0.621. The molecule has 3 N–H and O–H groups in total. The lowest BCUT2D eigenvalue weighted by Crippen LogP contribution is -2.22. The van der Waals surface area contributed by atoms with Crippen molar-refractivity contribution in [2.24, 2.45) is 5.92 Å². The van der Waals surface area contributed by atoms with Gasteiger partial charge in [-0.25, -0.2) is 0 Å². The summed E-state index contributed by atoms with van der Waals surface area (Å²) in [6.07, 6.45) is 0.415. The third kappa shape index (κ3) is 7.01. The van der Waals surface area contributed by atoms with Gasteiger partial charge in [-0.3, -0.25) is 9.59 Å². The molecular weight excluding hydrogens is 342 g/mol. The van der Waals surface area contributed by atoms with E-state index in [0.717, 1.165) is 5.69 Å². The van der Waals surface area contributed by atoms with Crippen LogP contribution in [0.4, 0.5) is 17.1 Å². The van der Waals surface area contributed by atoms with Gasteiger partial charge >= 0.3 is 0 Å². The molecule has 0 bridgehead atoms. The summed E-state index contributed by atoms with van der Waals surface area (Å²) in [6.45, 7) is 6.62. The number of carbonyl (C=O) groups is 2. The van der Waals surface area contributed by atoms with Crippen molar-refractivity contribution >= 4 is 28.9 Å². The second-order valence-electron chi connectivity index (χ2n) is 6.59. The van der Waals surface area contributed by atoms with E-state index in [1.54, 1.807) is 19.1 Å². The third-order valence-electron chi connectivity index (χ3n) is 3.65. The Morgan fingerprint density at radius 3 is 2.44 bits per heavy atom. The number of nitrogens with one attached hydrogen (secondary N) is 3. The molecule has 0 aliphatic heterocycles. The van der Waals surface area contributed by atoms with Crippen LogP contribution in [-0.2, 0) is 9.59 Å². The molecule has 6 nitrogen and oxygen atoms in total. The second-order valence-corrected chi connectivity index (χ2v) is 6.59. The minimum atomic E-state index is -0.182. The zero-order valence-corrected chi connectivity index (χ0v) is 16.0. The molecule has 0 radical (unpaired) electrons. The van der Waals surface area contributed by atoms with Gasteiger partial charge in [0.2, 0.25) is 11.8 Å². The smallest absolute Gasteiger partial charge is 0.243 e. The van der Waals surface area contributed by atoms with E-state index in [0.29, 0.717) is 36.1 Å². The van der Waals surface area contributed by atoms with Gasteiger partial charge in [-0.05, 0) is 36.2 Å². The van der Waals surface area contributed by atoms with E-state index < -0.39 is 0 Å². The van der Waals surface area contributed by atoms with Crippen molar-refractivity contribution in [3.8, 4) is 5.75 Å². The van der Waals surface area contributed by atoms with Crippen LogP contribution in [0.3, 0.4) is 0 Å². The zero-order valence-electron chi connectivity index (χ0n) is 16.0. The largest absolute Gasteiger partial charge is 0.491 e. The molecule has 6 heteroatoms. The van der Waals surface area contributed by atoms with E-state index in [4.69, 9.17) is 4.74 Å². The van der Waals surface area contributed by atoms with Crippen molar-refractivity contribution in [3.63, 3.8) is 0 Å². The highest BCUT2D eigenvalue weighted by molar-refractivity contribution is 5.95. The maximum absolute atomic E-state index is 12.3. The fourth-order valence-electron chi connectivity index (χ4n) is 2.29. The van der Waals surface area contributed by atoms with Gasteiger partial charge in [-0.15, -0.1) is 0 Å². The lowest BCUT2D eigenvalue weighted by Gasteiger charge is -2.14. The third-order valence-corrected chi connectivity index (χ3v) is 3.65. The average molecular weight is 369 g/mol. The lowest BCUT2D eigenvalue weighted by atomic mass is 10.2. The number of hydrogen-bond acceptors (Lipinski definition) is 4. The summed E-state index contributed by atoms with van der Waals surface area (Å²) in [5, 5.41) is 8.72. The fraction of sp³-hybridized carbons (Fsp3) is 0.333. The van der Waals surface area contributed by atoms with Crippen LogP contribution in [0, 0.1) is 5.92 Å². The van der Waals surface area contributed by atoms with Crippen LogP contribution >= 0.6 is 0 Å². The summed E-state index contributed by atoms with van der Waals surface area (Å²) in [5.74, 6) is 0.821. The lowest BCUT2D eigenvalue weighted by molar-refractivity contribution is -0.116. The van der Waals surface area contributed by atoms with E-state index in [-0.39, 0.29) is 18.4 Å². The summed E-state index contributed by atoms with van der Waals surface area (Å²) in [7, 11) is 0. The number of rotatable bonds is 9. The molecule has 2 rings (SSSR count). The van der Waals surface area contributed by atoms with E-state index in [1.165, 1.54) is 0 Å². The molecule has 2 aromatic rings. The number of anilines is 3. The van der Waals surface area contributed by atoms with Crippen LogP contribution < -0.4 is 20.7 Å². The van der Waals surface area contributed by atoms with Crippen LogP contribution in [-0.4, -0.2) is 25.0 Å². The van der Waals surface area contributed by atoms with Gasteiger partial charge in [-0.1, -0.05) is 39.0 Å². The summed E-state index contributed by atoms with van der Waals surface area (Å²) >= 11 is 0. The number of para-hydroxylation sites is 2. The van der Waals surface area contributed by atoms with Gasteiger partial charge in [0.15, 0.2) is 0 Å². The number of amides is 2. The molecule has 0 fully saturated rings. The van der Waals surface area contributed by atoms with Crippen molar-refractivity contribution in [2.45, 2.75) is 27.2 Å². The van der Waals surface area contributed by atoms with Crippen LogP contribution in [0.5, 0.6) is 5.75 Å². The van der Waals surface area contributed by atoms with Crippen LogP contribution in [0.15, 0.2) is 48.5 Å². The Balaban J connectivity index is 1.91. The highest BCUT2D eigenvalue weighted by atomic mass is 16.5. The summed E-state index contributed by atoms with van der Waals surface area (Å²) < 4.78 is 5.75. The van der Waals surface area contributed by atoms with E-state index in [9.17, 15) is 9.59 Å². The maximum Gasteiger partial charge on any atom is 0.243 e. The molecule has 0 saturated heterocycles. The SMILES string of the molecule is CCC(=O)Nc1cccc(NCC(=O)Nc2ccccc2OCC(C)C)c1. The predicted octanol–water partition coefficient (Wildman–Crippen LogP) is 4.12. The monoisotopic (exact) mass is 369 g/mol. The minimum Gasteiger partial charge on any atom is -0.491 e. The Hall–Kier alpha value is -3.02. The summed E-state index contributed by atoms with van der Waals surface area (Å²) in [6, 6.07) is 14.6. The first-order chi connectivity index (χ1) is 13.0. The highest BCUT2D eigenvalue weighted by Crippen LogP contribution is 2.24. The Kier molecular flexibility index (Phi) is 7.67. The van der Waals surface area contributed by atoms with E-state index in [1.807, 2.05) is 36.4 Å². The number of carbonyl (C=O) groups excluding carboxylic acids is 2. The fourth-order valence-corrected chi connectivity index (χ4v) is 2.29. The van der Waals surface area contributed by atoms with Crippen molar-refractivity contribution in [3.05, 3.63) is 48.5 Å². The summed E-state index contributed by atoms with van der Waals surface area (Å²) in [4.78, 5) is 23.8. The molecule has 27 heavy (non-hydrogen) atoms. The maximum atomic E-state index is 12.3. The molecule has 0 aromatic heterocycles. The predicted molar refractivity (Wildman–Crippen MR) is 109 cm³/mol. The molecule has 2 amide bonds. The van der Waals surface area contributed by atoms with Crippen LogP contribution in [0.2, 0.25) is 0 Å². The molecule has 0 atom stereocenters. The average Bonchev–Trinajstić information content (AvgIpc) is 2.66. The van der Waals surface area contributed by atoms with Crippen LogP contribution in [0.1, 0.15) is 27.2 Å². The minimum absolute atomic E-state index is 0.0529. The van der Waals surface area contributed by atoms with Gasteiger partial charge in [0.05, 0.1) is 18.8 Å². The highest BCUT2D eigenvalue weighted by Gasteiger charge is 2.08. The zero-order chi connectivity index (χ0) is 19.6. The Morgan fingerprint density at radius 2 is 1.70 bits per heavy atom. The molecule has 0 saturated carbocycles.